The maximum absolute atomic E-state index is 12.4. The summed E-state index contributed by atoms with van der Waals surface area (Å²) in [5.74, 6) is 0.682. The fourth-order valence-corrected chi connectivity index (χ4v) is 2.97. The van der Waals surface area contributed by atoms with E-state index >= 15 is 0 Å². The summed E-state index contributed by atoms with van der Waals surface area (Å²) in [5.41, 5.74) is 4.21. The second kappa shape index (κ2) is 7.91. The van der Waals surface area contributed by atoms with Gasteiger partial charge in [0.2, 0.25) is 0 Å². The van der Waals surface area contributed by atoms with Gasteiger partial charge in [-0.3, -0.25) is 4.79 Å². The number of H-pyrrole nitrogens is 1. The van der Waals surface area contributed by atoms with Crippen molar-refractivity contribution in [2.45, 2.75) is 13.0 Å². The number of nitrogens with one attached hydrogen (secondary N) is 2. The molecule has 2 N–H and O–H groups in total. The van der Waals surface area contributed by atoms with Gasteiger partial charge in [0, 0.05) is 30.4 Å². The van der Waals surface area contributed by atoms with E-state index in [0.29, 0.717) is 30.6 Å². The topological polar surface area (TPSA) is 97.7 Å². The van der Waals surface area contributed by atoms with E-state index in [1.807, 2.05) is 35.0 Å². The van der Waals surface area contributed by atoms with Crippen LogP contribution in [0.4, 0.5) is 0 Å². The Morgan fingerprint density at radius 1 is 1.21 bits per heavy atom. The Morgan fingerprint density at radius 3 is 2.82 bits per heavy atom. The van der Waals surface area contributed by atoms with Gasteiger partial charge >= 0.3 is 0 Å². The third-order valence-electron chi connectivity index (χ3n) is 4.50. The zero-order valence-corrected chi connectivity index (χ0v) is 15.4. The number of hydrogen-bond acceptors (Lipinski definition) is 5. The molecular weight excluding hydrogens is 356 g/mol. The molecule has 2 aromatic carbocycles. The van der Waals surface area contributed by atoms with Crippen LogP contribution in [-0.2, 0) is 13.0 Å². The van der Waals surface area contributed by atoms with Crippen LogP contribution in [0.3, 0.4) is 0 Å². The van der Waals surface area contributed by atoms with Gasteiger partial charge in [0.25, 0.3) is 5.91 Å². The van der Waals surface area contributed by atoms with Gasteiger partial charge < -0.3 is 15.0 Å². The first-order valence-electron chi connectivity index (χ1n) is 8.94. The molecule has 0 unspecified atom stereocenters. The van der Waals surface area contributed by atoms with E-state index in [-0.39, 0.29) is 5.91 Å². The number of carbonyl (C=O) groups excluding carboxylic acids is 1. The fraction of sp³-hybridized carbons (Fsp3) is 0.200. The van der Waals surface area contributed by atoms with Crippen LogP contribution >= 0.6 is 0 Å². The van der Waals surface area contributed by atoms with Crippen molar-refractivity contribution in [2.75, 3.05) is 13.7 Å². The van der Waals surface area contributed by atoms with Crippen molar-refractivity contribution in [1.82, 2.24) is 30.3 Å². The summed E-state index contributed by atoms with van der Waals surface area (Å²) in [6.07, 6.45) is 4.08. The van der Waals surface area contributed by atoms with Crippen molar-refractivity contribution in [1.29, 1.82) is 0 Å². The Bertz CT molecular complexity index is 1070. The largest absolute Gasteiger partial charge is 0.497 e. The third-order valence-corrected chi connectivity index (χ3v) is 4.50. The minimum atomic E-state index is -0.133. The molecule has 1 amide bonds. The molecule has 0 bridgehead atoms. The van der Waals surface area contributed by atoms with Gasteiger partial charge in [0.05, 0.1) is 25.5 Å². The lowest BCUT2D eigenvalue weighted by molar-refractivity contribution is 0.0954. The Morgan fingerprint density at radius 2 is 2.07 bits per heavy atom. The van der Waals surface area contributed by atoms with Crippen LogP contribution in [0.5, 0.6) is 5.75 Å². The highest BCUT2D eigenvalue weighted by Crippen LogP contribution is 2.17. The van der Waals surface area contributed by atoms with Crippen molar-refractivity contribution in [3.8, 4) is 5.75 Å². The first kappa shape index (κ1) is 17.7. The minimum absolute atomic E-state index is 0.133. The van der Waals surface area contributed by atoms with Crippen LogP contribution in [0, 0.1) is 0 Å². The number of ether oxygens (including phenoxy) is 1. The number of amides is 1. The number of methoxy groups -OCH3 is 1. The number of rotatable bonds is 7. The second-order valence-corrected chi connectivity index (χ2v) is 6.38. The smallest absolute Gasteiger partial charge is 0.251 e. The van der Waals surface area contributed by atoms with Crippen LogP contribution in [0.15, 0.2) is 55.0 Å². The summed E-state index contributed by atoms with van der Waals surface area (Å²) >= 11 is 0. The lowest BCUT2D eigenvalue weighted by Gasteiger charge is -2.06. The van der Waals surface area contributed by atoms with E-state index < -0.39 is 0 Å². The van der Waals surface area contributed by atoms with Crippen molar-refractivity contribution < 1.29 is 9.53 Å². The van der Waals surface area contributed by atoms with Gasteiger partial charge in [-0.2, -0.15) is 0 Å². The average molecular weight is 376 g/mol. The molecule has 0 aliphatic carbocycles. The van der Waals surface area contributed by atoms with E-state index in [9.17, 15) is 4.79 Å². The molecule has 2 aromatic heterocycles. The third kappa shape index (κ3) is 3.85. The van der Waals surface area contributed by atoms with Crippen LogP contribution in [0.25, 0.3) is 11.0 Å². The lowest BCUT2D eigenvalue weighted by Crippen LogP contribution is -2.25. The second-order valence-electron chi connectivity index (χ2n) is 6.38. The Labute approximate surface area is 161 Å². The summed E-state index contributed by atoms with van der Waals surface area (Å²) in [4.78, 5) is 19.3. The molecule has 2 heterocycles. The molecule has 0 fully saturated rings. The van der Waals surface area contributed by atoms with Crippen LogP contribution in [0.2, 0.25) is 0 Å². The molecule has 8 heteroatoms. The first-order chi connectivity index (χ1) is 13.7. The standard InChI is InChI=1S/C20H20N6O2/c1-28-17-5-2-14(3-6-17)12-26-19-7-4-15(10-18(19)24-25-26)20(27)22-9-8-16-11-21-13-23-16/h2-7,10-11,13H,8-9,12H2,1H3,(H,21,23)(H,22,27). The van der Waals surface area contributed by atoms with Gasteiger partial charge in [-0.1, -0.05) is 17.3 Å². The van der Waals surface area contributed by atoms with E-state index in [0.717, 1.165) is 22.5 Å². The van der Waals surface area contributed by atoms with Gasteiger partial charge in [-0.15, -0.1) is 5.10 Å². The number of benzene rings is 2. The Balaban J connectivity index is 1.43. The number of carbonyl (C=O) groups is 1. The monoisotopic (exact) mass is 376 g/mol. The molecule has 0 aliphatic rings. The van der Waals surface area contributed by atoms with Gasteiger partial charge in [0.1, 0.15) is 11.3 Å². The molecule has 4 aromatic rings. The fourth-order valence-electron chi connectivity index (χ4n) is 2.97. The number of hydrogen-bond donors (Lipinski definition) is 2. The van der Waals surface area contributed by atoms with Gasteiger partial charge in [-0.05, 0) is 35.9 Å². The maximum atomic E-state index is 12.4. The van der Waals surface area contributed by atoms with E-state index in [2.05, 4.69) is 25.6 Å². The van der Waals surface area contributed by atoms with Crippen molar-refractivity contribution >= 4 is 16.9 Å². The first-order valence-corrected chi connectivity index (χ1v) is 8.94. The molecule has 0 atom stereocenters. The van der Waals surface area contributed by atoms with E-state index in [4.69, 9.17) is 4.74 Å². The van der Waals surface area contributed by atoms with E-state index in [1.165, 1.54) is 0 Å². The molecule has 0 saturated heterocycles. The summed E-state index contributed by atoms with van der Waals surface area (Å²) in [7, 11) is 1.64. The quantitative estimate of drug-likeness (QED) is 0.515. The maximum Gasteiger partial charge on any atom is 0.251 e. The zero-order chi connectivity index (χ0) is 19.3. The number of fused-ring (bicyclic) bond motifs is 1. The van der Waals surface area contributed by atoms with Gasteiger partial charge in [0.15, 0.2) is 0 Å². The molecule has 0 aliphatic heterocycles. The van der Waals surface area contributed by atoms with Crippen LogP contribution in [0.1, 0.15) is 21.6 Å². The minimum Gasteiger partial charge on any atom is -0.497 e. The molecule has 0 saturated carbocycles. The predicted molar refractivity (Wildman–Crippen MR) is 104 cm³/mol. The number of aromatic nitrogens is 5. The Kier molecular flexibility index (Phi) is 5.01. The molecule has 142 valence electrons. The average Bonchev–Trinajstić information content (AvgIpc) is 3.38. The zero-order valence-electron chi connectivity index (χ0n) is 15.4. The SMILES string of the molecule is COc1ccc(Cn2nnc3cc(C(=O)NCCc4cnc[nH]4)ccc32)cc1. The predicted octanol–water partition coefficient (Wildman–Crippen LogP) is 2.18. The van der Waals surface area contributed by atoms with E-state index in [1.54, 1.807) is 31.8 Å². The lowest BCUT2D eigenvalue weighted by atomic mass is 10.1. The molecule has 0 radical (unpaired) electrons. The van der Waals surface area contributed by atoms with Crippen molar-refractivity contribution in [3.05, 3.63) is 71.8 Å². The molecular formula is C20H20N6O2. The summed E-state index contributed by atoms with van der Waals surface area (Å²) in [6, 6.07) is 13.3. The molecule has 28 heavy (non-hydrogen) atoms. The highest BCUT2D eigenvalue weighted by Gasteiger charge is 2.10. The van der Waals surface area contributed by atoms with Crippen molar-refractivity contribution in [2.24, 2.45) is 0 Å². The number of aromatic amines is 1. The number of nitrogens with zero attached hydrogens (tertiary/aromatic N) is 4. The van der Waals surface area contributed by atoms with Crippen LogP contribution < -0.4 is 10.1 Å². The van der Waals surface area contributed by atoms with Crippen molar-refractivity contribution in [3.63, 3.8) is 0 Å². The van der Waals surface area contributed by atoms with Gasteiger partial charge in [-0.25, -0.2) is 9.67 Å². The molecule has 8 nitrogen and oxygen atoms in total. The highest BCUT2D eigenvalue weighted by atomic mass is 16.5. The Hall–Kier alpha value is -3.68. The number of imidazole rings is 1. The molecule has 0 spiro atoms. The molecule has 4 rings (SSSR count). The summed E-state index contributed by atoms with van der Waals surface area (Å²) in [5, 5.41) is 11.3. The summed E-state index contributed by atoms with van der Waals surface area (Å²) in [6.45, 7) is 1.12. The highest BCUT2D eigenvalue weighted by molar-refractivity contribution is 5.97. The summed E-state index contributed by atoms with van der Waals surface area (Å²) < 4.78 is 7.00. The van der Waals surface area contributed by atoms with Crippen LogP contribution in [-0.4, -0.2) is 44.5 Å². The normalized spacial score (nSPS) is 10.9.